The van der Waals surface area contributed by atoms with Crippen molar-refractivity contribution >= 4 is 17.0 Å². The molecular weight excluding hydrogens is 346 g/mol. The van der Waals surface area contributed by atoms with Crippen molar-refractivity contribution in [2.75, 3.05) is 25.1 Å². The molecule has 8 nitrogen and oxygen atoms in total. The maximum absolute atomic E-state index is 12.9. The molecule has 1 aliphatic heterocycles. The molecule has 0 saturated carbocycles. The molecule has 8 heteroatoms. The molecule has 3 aromatic rings. The number of aromatic nitrogens is 4. The van der Waals surface area contributed by atoms with Crippen LogP contribution >= 0.6 is 0 Å². The average molecular weight is 367 g/mol. The minimum Gasteiger partial charge on any atom is -0.497 e. The van der Waals surface area contributed by atoms with E-state index in [0.29, 0.717) is 17.4 Å². The van der Waals surface area contributed by atoms with Gasteiger partial charge >= 0.3 is 5.69 Å². The summed E-state index contributed by atoms with van der Waals surface area (Å²) in [5, 5.41) is 0.281. The van der Waals surface area contributed by atoms with Gasteiger partial charge in [-0.25, -0.2) is 14.3 Å². The second kappa shape index (κ2) is 7.22. The first-order valence-corrected chi connectivity index (χ1v) is 9.09. The lowest BCUT2D eigenvalue weighted by Gasteiger charge is -2.20. The Labute approximate surface area is 155 Å². The van der Waals surface area contributed by atoms with Gasteiger partial charge in [0.05, 0.1) is 12.8 Å². The molecule has 1 fully saturated rings. The van der Waals surface area contributed by atoms with E-state index in [-0.39, 0.29) is 11.0 Å². The molecule has 27 heavy (non-hydrogen) atoms. The highest BCUT2D eigenvalue weighted by atomic mass is 16.5. The van der Waals surface area contributed by atoms with E-state index in [1.54, 1.807) is 31.4 Å². The molecule has 0 spiro atoms. The van der Waals surface area contributed by atoms with E-state index in [2.05, 4.69) is 19.9 Å². The Balaban J connectivity index is 1.78. The largest absolute Gasteiger partial charge is 0.497 e. The summed E-state index contributed by atoms with van der Waals surface area (Å²) in [4.78, 5) is 39.1. The molecule has 0 atom stereocenters. The highest BCUT2D eigenvalue weighted by molar-refractivity contribution is 5.73. The zero-order valence-electron chi connectivity index (χ0n) is 15.1. The Morgan fingerprint density at radius 3 is 2.41 bits per heavy atom. The van der Waals surface area contributed by atoms with Gasteiger partial charge in [-0.1, -0.05) is 12.8 Å². The normalized spacial score (nSPS) is 14.9. The standard InChI is InChI=1S/C19H21N5O3/c1-27-14-8-6-13(7-9-14)24-17(25)15-12-20-18(21-16(15)22-19(24)26)23-10-4-2-3-5-11-23/h6-9,12H,2-5,10-11H2,1H3,(H,20,21,22,26). The fraction of sp³-hybridized carbons (Fsp3) is 0.368. The Kier molecular flexibility index (Phi) is 4.62. The number of methoxy groups -OCH3 is 1. The Morgan fingerprint density at radius 1 is 1.04 bits per heavy atom. The summed E-state index contributed by atoms with van der Waals surface area (Å²) in [5.41, 5.74) is -0.246. The van der Waals surface area contributed by atoms with Crippen LogP contribution in [0.2, 0.25) is 0 Å². The van der Waals surface area contributed by atoms with Gasteiger partial charge in [-0.3, -0.25) is 9.78 Å². The van der Waals surface area contributed by atoms with Crippen LogP contribution in [0.4, 0.5) is 5.95 Å². The molecule has 0 amide bonds. The van der Waals surface area contributed by atoms with Crippen molar-refractivity contribution in [3.05, 3.63) is 51.3 Å². The zero-order chi connectivity index (χ0) is 18.8. The summed E-state index contributed by atoms with van der Waals surface area (Å²) in [5.74, 6) is 1.20. The van der Waals surface area contributed by atoms with E-state index in [0.717, 1.165) is 30.5 Å². The van der Waals surface area contributed by atoms with Gasteiger partial charge in [0.2, 0.25) is 5.95 Å². The number of aromatic amines is 1. The minimum atomic E-state index is -0.529. The van der Waals surface area contributed by atoms with Crippen molar-refractivity contribution < 1.29 is 4.74 Å². The van der Waals surface area contributed by atoms with Gasteiger partial charge in [0, 0.05) is 19.3 Å². The monoisotopic (exact) mass is 367 g/mol. The van der Waals surface area contributed by atoms with Crippen LogP contribution in [0, 0.1) is 0 Å². The van der Waals surface area contributed by atoms with Gasteiger partial charge in [0.15, 0.2) is 5.65 Å². The smallest absolute Gasteiger partial charge is 0.334 e. The van der Waals surface area contributed by atoms with Crippen LogP contribution in [0.5, 0.6) is 5.75 Å². The summed E-state index contributed by atoms with van der Waals surface area (Å²) in [7, 11) is 1.56. The molecule has 0 unspecified atom stereocenters. The van der Waals surface area contributed by atoms with Crippen molar-refractivity contribution in [3.63, 3.8) is 0 Å². The van der Waals surface area contributed by atoms with Gasteiger partial charge in [0.1, 0.15) is 11.1 Å². The summed E-state index contributed by atoms with van der Waals surface area (Å²) in [6.45, 7) is 1.78. The van der Waals surface area contributed by atoms with Crippen LogP contribution in [-0.4, -0.2) is 39.7 Å². The fourth-order valence-electron chi connectivity index (χ4n) is 3.38. The number of nitrogens with one attached hydrogen (secondary N) is 1. The minimum absolute atomic E-state index is 0.268. The summed E-state index contributed by atoms with van der Waals surface area (Å²) >= 11 is 0. The van der Waals surface area contributed by atoms with Crippen molar-refractivity contribution in [1.29, 1.82) is 0 Å². The highest BCUT2D eigenvalue weighted by Gasteiger charge is 2.16. The molecule has 1 aromatic carbocycles. The third-order valence-electron chi connectivity index (χ3n) is 4.86. The van der Waals surface area contributed by atoms with Crippen LogP contribution in [-0.2, 0) is 0 Å². The summed E-state index contributed by atoms with van der Waals surface area (Å²) in [6, 6.07) is 6.72. The molecule has 1 saturated heterocycles. The maximum atomic E-state index is 12.9. The van der Waals surface area contributed by atoms with Crippen LogP contribution < -0.4 is 20.9 Å². The van der Waals surface area contributed by atoms with Gasteiger partial charge in [-0.15, -0.1) is 0 Å². The third kappa shape index (κ3) is 3.30. The number of hydrogen-bond acceptors (Lipinski definition) is 6. The van der Waals surface area contributed by atoms with Crippen molar-refractivity contribution in [1.82, 2.24) is 19.5 Å². The lowest BCUT2D eigenvalue weighted by atomic mass is 10.2. The number of rotatable bonds is 3. The van der Waals surface area contributed by atoms with Gasteiger partial charge in [-0.2, -0.15) is 4.98 Å². The second-order valence-corrected chi connectivity index (χ2v) is 6.60. The molecule has 2 aromatic heterocycles. The Bertz CT molecular complexity index is 1060. The molecule has 1 N–H and O–H groups in total. The molecule has 3 heterocycles. The number of fused-ring (bicyclic) bond motifs is 1. The lowest BCUT2D eigenvalue weighted by molar-refractivity contribution is 0.414. The average Bonchev–Trinajstić information content (AvgIpc) is 2.97. The molecule has 1 aliphatic rings. The number of anilines is 1. The van der Waals surface area contributed by atoms with E-state index < -0.39 is 11.2 Å². The van der Waals surface area contributed by atoms with Gasteiger partial charge in [-0.05, 0) is 37.1 Å². The molecule has 0 bridgehead atoms. The van der Waals surface area contributed by atoms with Crippen molar-refractivity contribution in [3.8, 4) is 11.4 Å². The predicted octanol–water partition coefficient (Wildman–Crippen LogP) is 1.86. The quantitative estimate of drug-likeness (QED) is 0.759. The number of H-pyrrole nitrogens is 1. The Morgan fingerprint density at radius 2 is 1.74 bits per heavy atom. The van der Waals surface area contributed by atoms with E-state index in [1.807, 2.05) is 0 Å². The van der Waals surface area contributed by atoms with Crippen molar-refractivity contribution in [2.24, 2.45) is 0 Å². The highest BCUT2D eigenvalue weighted by Crippen LogP contribution is 2.17. The van der Waals surface area contributed by atoms with Gasteiger partial charge < -0.3 is 9.64 Å². The van der Waals surface area contributed by atoms with Crippen LogP contribution in [0.25, 0.3) is 16.7 Å². The fourth-order valence-corrected chi connectivity index (χ4v) is 3.38. The topological polar surface area (TPSA) is 93.1 Å². The third-order valence-corrected chi connectivity index (χ3v) is 4.86. The number of benzene rings is 1. The number of nitrogens with zero attached hydrogens (tertiary/aromatic N) is 4. The lowest BCUT2D eigenvalue weighted by Crippen LogP contribution is -2.34. The van der Waals surface area contributed by atoms with E-state index >= 15 is 0 Å². The first kappa shape index (κ1) is 17.3. The maximum Gasteiger partial charge on any atom is 0.334 e. The number of ether oxygens (including phenoxy) is 1. The SMILES string of the molecule is COc1ccc(-n2c(=O)[nH]c3nc(N4CCCCCC4)ncc3c2=O)cc1. The van der Waals surface area contributed by atoms with Crippen LogP contribution in [0.1, 0.15) is 25.7 Å². The predicted molar refractivity (Wildman–Crippen MR) is 103 cm³/mol. The first-order valence-electron chi connectivity index (χ1n) is 9.09. The summed E-state index contributed by atoms with van der Waals surface area (Å²) in [6.07, 6.45) is 6.09. The van der Waals surface area contributed by atoms with Crippen LogP contribution in [0.15, 0.2) is 40.1 Å². The molecular formula is C19H21N5O3. The van der Waals surface area contributed by atoms with E-state index in [1.165, 1.54) is 19.0 Å². The van der Waals surface area contributed by atoms with Crippen molar-refractivity contribution in [2.45, 2.75) is 25.7 Å². The zero-order valence-corrected chi connectivity index (χ0v) is 15.1. The van der Waals surface area contributed by atoms with E-state index in [4.69, 9.17) is 4.74 Å². The van der Waals surface area contributed by atoms with Gasteiger partial charge in [0.25, 0.3) is 5.56 Å². The Hall–Kier alpha value is -3.16. The molecule has 140 valence electrons. The molecule has 4 rings (SSSR count). The van der Waals surface area contributed by atoms with E-state index in [9.17, 15) is 9.59 Å². The first-order chi connectivity index (χ1) is 13.2. The van der Waals surface area contributed by atoms with Crippen LogP contribution in [0.3, 0.4) is 0 Å². The summed E-state index contributed by atoms with van der Waals surface area (Å²) < 4.78 is 6.20. The molecule has 0 radical (unpaired) electrons. The number of hydrogen-bond donors (Lipinski definition) is 1. The molecule has 0 aliphatic carbocycles. The second-order valence-electron chi connectivity index (χ2n) is 6.60.